The van der Waals surface area contributed by atoms with Gasteiger partial charge in [0.15, 0.2) is 0 Å². The number of nitrogens with zero attached hydrogens (tertiary/aromatic N) is 1. The minimum atomic E-state index is -0.310. The summed E-state index contributed by atoms with van der Waals surface area (Å²) >= 11 is 11.8. The molecule has 1 heterocycles. The summed E-state index contributed by atoms with van der Waals surface area (Å²) in [6.07, 6.45) is 1.07. The third kappa shape index (κ3) is 3.44. The van der Waals surface area contributed by atoms with E-state index in [4.69, 9.17) is 27.9 Å². The second-order valence-electron chi connectivity index (χ2n) is 5.88. The molecule has 1 N–H and O–H groups in total. The maximum atomic E-state index is 12.1. The minimum Gasteiger partial charge on any atom is -0.445 e. The molecule has 4 nitrogen and oxygen atoms in total. The molecule has 1 amide bonds. The lowest BCUT2D eigenvalue weighted by molar-refractivity contribution is 0.0972. The summed E-state index contributed by atoms with van der Waals surface area (Å²) in [5.74, 6) is 0.821. The van der Waals surface area contributed by atoms with Gasteiger partial charge in [0.1, 0.15) is 6.61 Å². The molecular weight excluding hydrogens is 313 g/mol. The summed E-state index contributed by atoms with van der Waals surface area (Å²) in [7, 11) is 0. The van der Waals surface area contributed by atoms with Crippen molar-refractivity contribution in [3.63, 3.8) is 0 Å². The number of amides is 1. The summed E-state index contributed by atoms with van der Waals surface area (Å²) < 4.78 is 5.32. The van der Waals surface area contributed by atoms with Gasteiger partial charge in [-0.1, -0.05) is 23.2 Å². The summed E-state index contributed by atoms with van der Waals surface area (Å²) in [4.78, 5) is 13.8. The summed E-state index contributed by atoms with van der Waals surface area (Å²) in [6, 6.07) is 5.10. The lowest BCUT2D eigenvalue weighted by Gasteiger charge is -2.18. The molecule has 6 heteroatoms. The average Bonchev–Trinajstić information content (AvgIpc) is 2.92. The zero-order chi connectivity index (χ0) is 15.0. The van der Waals surface area contributed by atoms with E-state index >= 15 is 0 Å². The normalized spacial score (nSPS) is 27.8. The van der Waals surface area contributed by atoms with E-state index < -0.39 is 0 Å². The van der Waals surface area contributed by atoms with Gasteiger partial charge in [0.25, 0.3) is 0 Å². The Morgan fingerprint density at radius 1 is 1.19 bits per heavy atom. The molecule has 1 aromatic carbocycles. The molecule has 2 unspecified atom stereocenters. The summed E-state index contributed by atoms with van der Waals surface area (Å²) in [5.41, 5.74) is 0.774. The zero-order valence-corrected chi connectivity index (χ0v) is 13.0. The topological polar surface area (TPSA) is 49.8 Å². The lowest BCUT2D eigenvalue weighted by atomic mass is 10.0. The molecule has 3 rings (SSSR count). The Bertz CT molecular complexity index is 517. The van der Waals surface area contributed by atoms with Crippen LogP contribution in [0.3, 0.4) is 0 Å². The number of hydrogen-bond donors (Lipinski definition) is 1. The van der Waals surface area contributed by atoms with Crippen molar-refractivity contribution in [1.82, 2.24) is 4.90 Å². The Labute approximate surface area is 133 Å². The molecule has 1 aliphatic heterocycles. The quantitative estimate of drug-likeness (QED) is 0.905. The van der Waals surface area contributed by atoms with Crippen LogP contribution in [0.1, 0.15) is 18.4 Å². The fraction of sp³-hybridized carbons (Fsp3) is 0.533. The van der Waals surface area contributed by atoms with Gasteiger partial charge in [-0.25, -0.2) is 4.79 Å². The standard InChI is InChI=1S/C15H17Cl2NO3/c16-12-1-9(2-13(17)5-12)8-21-15(20)18-6-10-3-14(19)4-11(10)7-18/h1-2,5,10-11,14,19H,3-4,6-8H2. The van der Waals surface area contributed by atoms with Crippen molar-refractivity contribution < 1.29 is 14.6 Å². The first kappa shape index (κ1) is 14.9. The molecule has 0 radical (unpaired) electrons. The van der Waals surface area contributed by atoms with Crippen LogP contribution < -0.4 is 0 Å². The van der Waals surface area contributed by atoms with Gasteiger partial charge >= 0.3 is 6.09 Å². The molecule has 0 spiro atoms. The van der Waals surface area contributed by atoms with E-state index in [0.717, 1.165) is 18.4 Å². The number of rotatable bonds is 2. The van der Waals surface area contributed by atoms with Gasteiger partial charge in [0.05, 0.1) is 6.10 Å². The Morgan fingerprint density at radius 3 is 2.33 bits per heavy atom. The second kappa shape index (κ2) is 6.03. The van der Waals surface area contributed by atoms with E-state index in [1.807, 2.05) is 0 Å². The number of ether oxygens (including phenoxy) is 1. The molecule has 0 bridgehead atoms. The molecule has 2 fully saturated rings. The predicted octanol–water partition coefficient (Wildman–Crippen LogP) is 3.33. The zero-order valence-electron chi connectivity index (χ0n) is 11.5. The van der Waals surface area contributed by atoms with Crippen LogP contribution in [-0.4, -0.2) is 35.3 Å². The Balaban J connectivity index is 1.53. The number of halogens is 2. The van der Waals surface area contributed by atoms with E-state index in [9.17, 15) is 9.90 Å². The maximum absolute atomic E-state index is 12.1. The first-order chi connectivity index (χ1) is 10.0. The van der Waals surface area contributed by atoms with E-state index in [0.29, 0.717) is 35.0 Å². The van der Waals surface area contributed by atoms with Crippen LogP contribution in [0.25, 0.3) is 0 Å². The predicted molar refractivity (Wildman–Crippen MR) is 80.4 cm³/mol. The fourth-order valence-electron chi connectivity index (χ4n) is 3.35. The van der Waals surface area contributed by atoms with Gasteiger partial charge in [-0.05, 0) is 48.4 Å². The summed E-state index contributed by atoms with van der Waals surface area (Å²) in [6.45, 7) is 1.52. The third-order valence-corrected chi connectivity index (χ3v) is 4.71. The number of likely N-dealkylation sites (tertiary alicyclic amines) is 1. The molecule has 2 aliphatic rings. The molecule has 1 aromatic rings. The van der Waals surface area contributed by atoms with E-state index in [1.54, 1.807) is 23.1 Å². The van der Waals surface area contributed by atoms with Gasteiger partial charge in [-0.15, -0.1) is 0 Å². The number of aliphatic hydroxyl groups is 1. The Hall–Kier alpha value is -0.970. The van der Waals surface area contributed by atoms with Crippen molar-refractivity contribution in [2.45, 2.75) is 25.6 Å². The smallest absolute Gasteiger partial charge is 0.410 e. The van der Waals surface area contributed by atoms with E-state index in [-0.39, 0.29) is 18.8 Å². The van der Waals surface area contributed by atoms with Gasteiger partial charge in [0, 0.05) is 23.1 Å². The molecule has 114 valence electrons. The third-order valence-electron chi connectivity index (χ3n) is 4.27. The van der Waals surface area contributed by atoms with Crippen molar-refractivity contribution in [2.75, 3.05) is 13.1 Å². The molecule has 1 saturated carbocycles. The number of carbonyl (C=O) groups excluding carboxylic acids is 1. The highest BCUT2D eigenvalue weighted by atomic mass is 35.5. The highest BCUT2D eigenvalue weighted by molar-refractivity contribution is 6.34. The second-order valence-corrected chi connectivity index (χ2v) is 6.76. The minimum absolute atomic E-state index is 0.160. The van der Waals surface area contributed by atoms with Crippen molar-refractivity contribution >= 4 is 29.3 Å². The summed E-state index contributed by atoms with van der Waals surface area (Å²) in [5, 5.41) is 10.7. The highest BCUT2D eigenvalue weighted by Gasteiger charge is 2.42. The lowest BCUT2D eigenvalue weighted by Crippen LogP contribution is -2.30. The average molecular weight is 330 g/mol. The fourth-order valence-corrected chi connectivity index (χ4v) is 3.92. The Kier molecular flexibility index (Phi) is 4.29. The van der Waals surface area contributed by atoms with Crippen LogP contribution in [0.15, 0.2) is 18.2 Å². The first-order valence-corrected chi connectivity index (χ1v) is 7.81. The largest absolute Gasteiger partial charge is 0.445 e. The van der Waals surface area contributed by atoms with Crippen LogP contribution in [0.2, 0.25) is 10.0 Å². The molecular formula is C15H17Cl2NO3. The number of hydrogen-bond acceptors (Lipinski definition) is 3. The van der Waals surface area contributed by atoms with Gasteiger partial charge in [-0.3, -0.25) is 0 Å². The van der Waals surface area contributed by atoms with Crippen LogP contribution in [0.4, 0.5) is 4.79 Å². The maximum Gasteiger partial charge on any atom is 0.410 e. The number of aliphatic hydroxyl groups excluding tert-OH is 1. The Morgan fingerprint density at radius 2 is 1.76 bits per heavy atom. The van der Waals surface area contributed by atoms with Crippen molar-refractivity contribution in [3.05, 3.63) is 33.8 Å². The van der Waals surface area contributed by atoms with Crippen LogP contribution >= 0.6 is 23.2 Å². The van der Waals surface area contributed by atoms with Crippen molar-refractivity contribution in [3.8, 4) is 0 Å². The van der Waals surface area contributed by atoms with Crippen LogP contribution in [0.5, 0.6) is 0 Å². The van der Waals surface area contributed by atoms with E-state index in [2.05, 4.69) is 0 Å². The monoisotopic (exact) mass is 329 g/mol. The van der Waals surface area contributed by atoms with Gasteiger partial charge in [0.2, 0.25) is 0 Å². The molecule has 0 aromatic heterocycles. The van der Waals surface area contributed by atoms with Crippen LogP contribution in [-0.2, 0) is 11.3 Å². The number of benzene rings is 1. The molecule has 21 heavy (non-hydrogen) atoms. The number of carbonyl (C=O) groups is 1. The van der Waals surface area contributed by atoms with Crippen molar-refractivity contribution in [2.24, 2.45) is 11.8 Å². The molecule has 1 saturated heterocycles. The number of fused-ring (bicyclic) bond motifs is 1. The SMILES string of the molecule is O=C(OCc1cc(Cl)cc(Cl)c1)N1CC2CC(O)CC2C1. The molecule has 2 atom stereocenters. The van der Waals surface area contributed by atoms with Crippen molar-refractivity contribution in [1.29, 1.82) is 0 Å². The first-order valence-electron chi connectivity index (χ1n) is 7.06. The highest BCUT2D eigenvalue weighted by Crippen LogP contribution is 2.38. The molecule has 1 aliphatic carbocycles. The van der Waals surface area contributed by atoms with Gasteiger partial charge in [-0.2, -0.15) is 0 Å². The van der Waals surface area contributed by atoms with E-state index in [1.165, 1.54) is 0 Å². The van der Waals surface area contributed by atoms with Crippen LogP contribution in [0, 0.1) is 11.8 Å². The van der Waals surface area contributed by atoms with Gasteiger partial charge < -0.3 is 14.7 Å².